The summed E-state index contributed by atoms with van der Waals surface area (Å²) in [6, 6.07) is 10.2. The predicted molar refractivity (Wildman–Crippen MR) is 112 cm³/mol. The van der Waals surface area contributed by atoms with E-state index in [0.29, 0.717) is 28.5 Å². The molecule has 0 radical (unpaired) electrons. The third-order valence-corrected chi connectivity index (χ3v) is 5.36. The summed E-state index contributed by atoms with van der Waals surface area (Å²) in [6.45, 7) is 4.65. The fourth-order valence-electron chi connectivity index (χ4n) is 3.16. The van der Waals surface area contributed by atoms with Crippen LogP contribution < -0.4 is 10.1 Å². The van der Waals surface area contributed by atoms with Gasteiger partial charge in [0, 0.05) is 11.3 Å². The highest BCUT2D eigenvalue weighted by molar-refractivity contribution is 7.80. The van der Waals surface area contributed by atoms with E-state index in [-0.39, 0.29) is 0 Å². The van der Waals surface area contributed by atoms with Crippen molar-refractivity contribution in [3.63, 3.8) is 0 Å². The zero-order valence-electron chi connectivity index (χ0n) is 15.4. The van der Waals surface area contributed by atoms with Crippen molar-refractivity contribution in [3.8, 4) is 5.75 Å². The van der Waals surface area contributed by atoms with E-state index in [4.69, 9.17) is 33.3 Å². The quantitative estimate of drug-likeness (QED) is 0.613. The molecule has 0 unspecified atom stereocenters. The molecule has 0 spiro atoms. The van der Waals surface area contributed by atoms with Gasteiger partial charge in [-0.15, -0.1) is 0 Å². The van der Waals surface area contributed by atoms with Crippen LogP contribution in [0.15, 0.2) is 30.3 Å². The molecule has 0 aliphatic heterocycles. The number of anilines is 1. The normalized spacial score (nSPS) is 13.4. The number of methoxy groups -OCH3 is 1. The second kappa shape index (κ2) is 8.28. The van der Waals surface area contributed by atoms with Crippen LogP contribution in [0.25, 0.3) is 0 Å². The first kappa shape index (κ1) is 19.0. The zero-order valence-corrected chi connectivity index (χ0v) is 17.0. The number of benzene rings is 2. The lowest BCUT2D eigenvalue weighted by Gasteiger charge is -2.18. The molecule has 2 aromatic rings. The summed E-state index contributed by atoms with van der Waals surface area (Å²) in [7, 11) is 1.56. The maximum Gasteiger partial charge on any atom is 0.260 e. The minimum absolute atomic E-state index is 0.348. The van der Waals surface area contributed by atoms with Crippen LogP contribution in [0.1, 0.15) is 47.9 Å². The minimum Gasteiger partial charge on any atom is -0.487 e. The summed E-state index contributed by atoms with van der Waals surface area (Å²) >= 11 is 11.6. The fourth-order valence-corrected chi connectivity index (χ4v) is 3.51. The molecule has 2 aromatic carbocycles. The van der Waals surface area contributed by atoms with Crippen LogP contribution in [0.4, 0.5) is 5.69 Å². The Kier molecular flexibility index (Phi) is 6.05. The number of ether oxygens (including phenoxy) is 2. The highest BCUT2D eigenvalue weighted by Gasteiger charge is 2.27. The molecule has 138 valence electrons. The van der Waals surface area contributed by atoms with Gasteiger partial charge in [-0.25, -0.2) is 0 Å². The molecule has 5 heteroatoms. The Labute approximate surface area is 165 Å². The van der Waals surface area contributed by atoms with Gasteiger partial charge >= 0.3 is 0 Å². The lowest BCUT2D eigenvalue weighted by molar-refractivity contribution is 0.305. The van der Waals surface area contributed by atoms with Crippen LogP contribution in [0.2, 0.25) is 5.02 Å². The molecule has 3 nitrogen and oxygen atoms in total. The Bertz CT molecular complexity index is 818. The third kappa shape index (κ3) is 4.30. The second-order valence-electron chi connectivity index (χ2n) is 6.62. The average Bonchev–Trinajstić information content (AvgIpc) is 3.47. The molecule has 1 saturated carbocycles. The molecule has 0 heterocycles. The summed E-state index contributed by atoms with van der Waals surface area (Å²) in [5.41, 5.74) is 5.80. The van der Waals surface area contributed by atoms with Gasteiger partial charge in [0.25, 0.3) is 5.17 Å². The molecular weight excluding hydrogens is 366 g/mol. The van der Waals surface area contributed by atoms with E-state index in [9.17, 15) is 0 Å². The Morgan fingerprint density at radius 2 is 2.08 bits per heavy atom. The van der Waals surface area contributed by atoms with Gasteiger partial charge in [0.2, 0.25) is 0 Å². The zero-order chi connectivity index (χ0) is 18.7. The van der Waals surface area contributed by atoms with Gasteiger partial charge in [-0.3, -0.25) is 0 Å². The smallest absolute Gasteiger partial charge is 0.260 e. The van der Waals surface area contributed by atoms with Crippen molar-refractivity contribution in [2.24, 2.45) is 0 Å². The van der Waals surface area contributed by atoms with Crippen LogP contribution in [-0.2, 0) is 17.8 Å². The highest BCUT2D eigenvalue weighted by Crippen LogP contribution is 2.43. The molecule has 0 atom stereocenters. The maximum atomic E-state index is 6.43. The molecular formula is C21H24ClNO2S. The van der Waals surface area contributed by atoms with E-state index in [1.807, 2.05) is 24.3 Å². The number of hydrogen-bond acceptors (Lipinski definition) is 3. The van der Waals surface area contributed by atoms with E-state index < -0.39 is 0 Å². The molecule has 26 heavy (non-hydrogen) atoms. The summed E-state index contributed by atoms with van der Waals surface area (Å²) < 4.78 is 11.2. The summed E-state index contributed by atoms with van der Waals surface area (Å²) in [5.74, 6) is 1.32. The SMILES string of the molecule is CCc1cc(Cl)c(OCc2c(NC(=S)OC)cccc2C2CC2)cc1C. The fraction of sp³-hybridized carbons (Fsp3) is 0.381. The van der Waals surface area contributed by atoms with Crippen molar-refractivity contribution in [2.45, 2.75) is 45.6 Å². The molecule has 3 rings (SSSR count). The number of nitrogens with one attached hydrogen (secondary N) is 1. The first-order valence-corrected chi connectivity index (χ1v) is 9.70. The average molecular weight is 390 g/mol. The molecule has 1 N–H and O–H groups in total. The van der Waals surface area contributed by atoms with E-state index >= 15 is 0 Å². The summed E-state index contributed by atoms with van der Waals surface area (Å²) in [4.78, 5) is 0. The minimum atomic E-state index is 0.348. The van der Waals surface area contributed by atoms with Crippen molar-refractivity contribution in [1.82, 2.24) is 0 Å². The molecule has 0 bridgehead atoms. The standard InChI is InChI=1S/C21H24ClNO2S/c1-4-14-11-18(22)20(10-13(14)2)25-12-17-16(15-8-9-15)6-5-7-19(17)23-21(26)24-3/h5-7,10-11,15H,4,8-9,12H2,1-3H3,(H,23,26). The van der Waals surface area contributed by atoms with Crippen molar-refractivity contribution < 1.29 is 9.47 Å². The number of hydrogen-bond donors (Lipinski definition) is 1. The Morgan fingerprint density at radius 1 is 1.31 bits per heavy atom. The lowest BCUT2D eigenvalue weighted by atomic mass is 10.0. The first-order chi connectivity index (χ1) is 12.5. The third-order valence-electron chi connectivity index (χ3n) is 4.79. The predicted octanol–water partition coefficient (Wildman–Crippen LogP) is 6.01. The number of thiocarbonyl (C=S) groups is 1. The topological polar surface area (TPSA) is 30.5 Å². The van der Waals surface area contributed by atoms with Crippen LogP contribution in [0, 0.1) is 6.92 Å². The van der Waals surface area contributed by atoms with Crippen molar-refractivity contribution in [3.05, 3.63) is 57.6 Å². The van der Waals surface area contributed by atoms with Gasteiger partial charge in [0.15, 0.2) is 0 Å². The molecule has 1 aliphatic rings. The van der Waals surface area contributed by atoms with Crippen LogP contribution in [-0.4, -0.2) is 12.3 Å². The molecule has 0 amide bonds. The largest absolute Gasteiger partial charge is 0.487 e. The van der Waals surface area contributed by atoms with Crippen LogP contribution >= 0.6 is 23.8 Å². The van der Waals surface area contributed by atoms with E-state index in [2.05, 4.69) is 25.2 Å². The molecule has 0 aromatic heterocycles. The number of halogens is 1. The van der Waals surface area contributed by atoms with Gasteiger partial charge in [-0.2, -0.15) is 0 Å². The summed E-state index contributed by atoms with van der Waals surface area (Å²) in [6.07, 6.45) is 3.39. The monoisotopic (exact) mass is 389 g/mol. The van der Waals surface area contributed by atoms with Crippen molar-refractivity contribution >= 4 is 34.7 Å². The van der Waals surface area contributed by atoms with E-state index in [0.717, 1.165) is 17.7 Å². The van der Waals surface area contributed by atoms with Gasteiger partial charge in [0.05, 0.1) is 12.1 Å². The maximum absolute atomic E-state index is 6.43. The van der Waals surface area contributed by atoms with E-state index in [1.165, 1.54) is 29.5 Å². The first-order valence-electron chi connectivity index (χ1n) is 8.92. The lowest BCUT2D eigenvalue weighted by Crippen LogP contribution is -2.14. The second-order valence-corrected chi connectivity index (χ2v) is 7.39. The van der Waals surface area contributed by atoms with Crippen molar-refractivity contribution in [2.75, 3.05) is 12.4 Å². The van der Waals surface area contributed by atoms with Gasteiger partial charge in [-0.05, 0) is 79.2 Å². The van der Waals surface area contributed by atoms with E-state index in [1.54, 1.807) is 7.11 Å². The molecule has 0 saturated heterocycles. The van der Waals surface area contributed by atoms with Crippen LogP contribution in [0.5, 0.6) is 5.75 Å². The Balaban J connectivity index is 1.87. The number of aryl methyl sites for hydroxylation is 2. The van der Waals surface area contributed by atoms with Crippen molar-refractivity contribution in [1.29, 1.82) is 0 Å². The highest BCUT2D eigenvalue weighted by atomic mass is 35.5. The Hall–Kier alpha value is -1.78. The van der Waals surface area contributed by atoms with Gasteiger partial charge in [0.1, 0.15) is 12.4 Å². The number of rotatable bonds is 6. The van der Waals surface area contributed by atoms with Gasteiger partial charge in [-0.1, -0.05) is 30.7 Å². The molecule has 1 fully saturated rings. The van der Waals surface area contributed by atoms with Gasteiger partial charge < -0.3 is 14.8 Å². The van der Waals surface area contributed by atoms with Crippen LogP contribution in [0.3, 0.4) is 0 Å². The summed E-state index contributed by atoms with van der Waals surface area (Å²) in [5, 5.41) is 4.16. The Morgan fingerprint density at radius 3 is 2.73 bits per heavy atom. The molecule has 1 aliphatic carbocycles.